The number of hydrogen-bond donors (Lipinski definition) is 3. The molecular weight excluding hydrogens is 184 g/mol. The maximum Gasteiger partial charge on any atom is 0.335 e. The van der Waals surface area contributed by atoms with Crippen molar-refractivity contribution in [2.45, 2.75) is 6.04 Å². The van der Waals surface area contributed by atoms with E-state index in [2.05, 4.69) is 0 Å². The Bertz CT molecular complexity index is 403. The van der Waals surface area contributed by atoms with E-state index in [0.717, 1.165) is 0 Å². The van der Waals surface area contributed by atoms with Gasteiger partial charge in [0, 0.05) is 11.3 Å². The largest absolute Gasteiger partial charge is 0.491 e. The highest BCUT2D eigenvalue weighted by Crippen LogP contribution is 2.36. The number of nitrogens with two attached hydrogens (primary N) is 2. The van der Waals surface area contributed by atoms with Gasteiger partial charge in [-0.1, -0.05) is 0 Å². The molecule has 5 heteroatoms. The summed E-state index contributed by atoms with van der Waals surface area (Å²) in [4.78, 5) is 10.7. The number of carboxylic acids is 1. The fourth-order valence-corrected chi connectivity index (χ4v) is 1.55. The van der Waals surface area contributed by atoms with Gasteiger partial charge in [-0.25, -0.2) is 4.79 Å². The van der Waals surface area contributed by atoms with Crippen LogP contribution in [0.1, 0.15) is 22.0 Å². The first kappa shape index (κ1) is 8.83. The molecule has 0 fully saturated rings. The van der Waals surface area contributed by atoms with Gasteiger partial charge in [-0.3, -0.25) is 0 Å². The van der Waals surface area contributed by atoms with E-state index in [4.69, 9.17) is 21.3 Å². The second-order valence-corrected chi connectivity index (χ2v) is 3.20. The van der Waals surface area contributed by atoms with E-state index < -0.39 is 5.97 Å². The van der Waals surface area contributed by atoms with Gasteiger partial charge in [-0.2, -0.15) is 0 Å². The monoisotopic (exact) mass is 194 g/mol. The molecule has 0 aromatic heterocycles. The van der Waals surface area contributed by atoms with Crippen LogP contribution < -0.4 is 16.2 Å². The number of fused-ring (bicyclic) bond motifs is 1. The first-order chi connectivity index (χ1) is 6.59. The van der Waals surface area contributed by atoms with Crippen molar-refractivity contribution in [3.63, 3.8) is 0 Å². The van der Waals surface area contributed by atoms with Crippen molar-refractivity contribution < 1.29 is 14.6 Å². The maximum atomic E-state index is 10.7. The highest BCUT2D eigenvalue weighted by atomic mass is 16.5. The number of carboxylic acid groups (broad SMARTS) is 1. The number of carbonyl (C=O) groups is 1. The third kappa shape index (κ3) is 1.18. The van der Waals surface area contributed by atoms with Gasteiger partial charge in [-0.15, -0.1) is 0 Å². The number of aromatic carboxylic acids is 1. The molecule has 1 aliphatic rings. The zero-order chi connectivity index (χ0) is 10.3. The lowest BCUT2D eigenvalue weighted by Crippen LogP contribution is -2.12. The van der Waals surface area contributed by atoms with Gasteiger partial charge in [-0.05, 0) is 12.1 Å². The average molecular weight is 194 g/mol. The van der Waals surface area contributed by atoms with Crippen molar-refractivity contribution in [1.29, 1.82) is 0 Å². The molecule has 0 aliphatic carbocycles. The Balaban J connectivity index is 2.57. The molecule has 0 bridgehead atoms. The van der Waals surface area contributed by atoms with Crippen LogP contribution in [0.2, 0.25) is 0 Å². The topological polar surface area (TPSA) is 98.6 Å². The number of anilines is 1. The molecule has 0 amide bonds. The van der Waals surface area contributed by atoms with Gasteiger partial charge in [0.1, 0.15) is 12.4 Å². The molecule has 0 radical (unpaired) electrons. The Morgan fingerprint density at radius 3 is 2.93 bits per heavy atom. The van der Waals surface area contributed by atoms with Crippen molar-refractivity contribution >= 4 is 11.7 Å². The standard InChI is InChI=1S/C9H10N2O3/c10-5-1-4(9(12)13)2-7-8(5)6(11)3-14-7/h1-2,6H,3,10-11H2,(H,12,13). The minimum Gasteiger partial charge on any atom is -0.491 e. The van der Waals surface area contributed by atoms with E-state index in [0.29, 0.717) is 23.6 Å². The molecule has 1 atom stereocenters. The molecule has 5 N–H and O–H groups in total. The lowest BCUT2D eigenvalue weighted by molar-refractivity contribution is 0.0696. The summed E-state index contributed by atoms with van der Waals surface area (Å²) in [6.45, 7) is 0.350. The van der Waals surface area contributed by atoms with E-state index in [1.54, 1.807) is 0 Å². The molecule has 0 saturated carbocycles. The van der Waals surface area contributed by atoms with Gasteiger partial charge in [0.15, 0.2) is 0 Å². The summed E-state index contributed by atoms with van der Waals surface area (Å²) in [5.41, 5.74) is 12.6. The minimum atomic E-state index is -1.02. The number of hydrogen-bond acceptors (Lipinski definition) is 4. The molecule has 1 aromatic rings. The molecule has 1 aliphatic heterocycles. The summed E-state index contributed by atoms with van der Waals surface area (Å²) in [5, 5.41) is 8.76. The predicted molar refractivity (Wildman–Crippen MR) is 50.2 cm³/mol. The molecule has 1 aromatic carbocycles. The Morgan fingerprint density at radius 1 is 1.57 bits per heavy atom. The van der Waals surface area contributed by atoms with Crippen molar-refractivity contribution in [1.82, 2.24) is 0 Å². The fourth-order valence-electron chi connectivity index (χ4n) is 1.55. The number of nitrogen functional groups attached to an aromatic ring is 1. The van der Waals surface area contributed by atoms with Gasteiger partial charge in [0.05, 0.1) is 11.6 Å². The average Bonchev–Trinajstić information content (AvgIpc) is 2.48. The van der Waals surface area contributed by atoms with Gasteiger partial charge in [0.2, 0.25) is 0 Å². The fraction of sp³-hybridized carbons (Fsp3) is 0.222. The van der Waals surface area contributed by atoms with E-state index in [9.17, 15) is 4.79 Å². The highest BCUT2D eigenvalue weighted by molar-refractivity contribution is 5.90. The maximum absolute atomic E-state index is 10.7. The third-order valence-corrected chi connectivity index (χ3v) is 2.21. The summed E-state index contributed by atoms with van der Waals surface area (Å²) in [6.07, 6.45) is 0. The van der Waals surface area contributed by atoms with Crippen LogP contribution in [0.5, 0.6) is 5.75 Å². The van der Waals surface area contributed by atoms with E-state index >= 15 is 0 Å². The van der Waals surface area contributed by atoms with E-state index in [1.165, 1.54) is 12.1 Å². The Morgan fingerprint density at radius 2 is 2.29 bits per heavy atom. The van der Waals surface area contributed by atoms with Gasteiger partial charge >= 0.3 is 5.97 Å². The molecule has 2 rings (SSSR count). The summed E-state index contributed by atoms with van der Waals surface area (Å²) >= 11 is 0. The second-order valence-electron chi connectivity index (χ2n) is 3.20. The normalized spacial score (nSPS) is 18.8. The molecule has 0 saturated heterocycles. The van der Waals surface area contributed by atoms with Crippen molar-refractivity contribution in [3.8, 4) is 5.75 Å². The highest BCUT2D eigenvalue weighted by Gasteiger charge is 2.24. The SMILES string of the molecule is Nc1cc(C(=O)O)cc2c1C(N)CO2. The second kappa shape index (κ2) is 2.88. The third-order valence-electron chi connectivity index (χ3n) is 2.21. The summed E-state index contributed by atoms with van der Waals surface area (Å²) in [5.74, 6) is -0.543. The van der Waals surface area contributed by atoms with Crippen molar-refractivity contribution in [2.75, 3.05) is 12.3 Å². The molecule has 74 valence electrons. The number of ether oxygens (including phenoxy) is 1. The quantitative estimate of drug-likeness (QED) is 0.560. The van der Waals surface area contributed by atoms with Crippen LogP contribution in [-0.4, -0.2) is 17.7 Å². The molecule has 0 spiro atoms. The van der Waals surface area contributed by atoms with Crippen LogP contribution in [0, 0.1) is 0 Å². The number of benzene rings is 1. The first-order valence-electron chi connectivity index (χ1n) is 4.14. The van der Waals surface area contributed by atoms with Crippen LogP contribution in [-0.2, 0) is 0 Å². The smallest absolute Gasteiger partial charge is 0.335 e. The Kier molecular flexibility index (Phi) is 1.82. The Labute approximate surface area is 80.3 Å². The molecule has 1 heterocycles. The molecule has 1 unspecified atom stereocenters. The Hall–Kier alpha value is -1.75. The van der Waals surface area contributed by atoms with Crippen molar-refractivity contribution in [3.05, 3.63) is 23.3 Å². The lowest BCUT2D eigenvalue weighted by Gasteiger charge is -2.06. The van der Waals surface area contributed by atoms with Gasteiger partial charge < -0.3 is 21.3 Å². The van der Waals surface area contributed by atoms with E-state index in [-0.39, 0.29) is 11.6 Å². The van der Waals surface area contributed by atoms with E-state index in [1.807, 2.05) is 0 Å². The zero-order valence-corrected chi connectivity index (χ0v) is 7.36. The summed E-state index contributed by atoms with van der Waals surface area (Å²) < 4.78 is 5.21. The molecule has 5 nitrogen and oxygen atoms in total. The number of rotatable bonds is 1. The van der Waals surface area contributed by atoms with Crippen molar-refractivity contribution in [2.24, 2.45) is 5.73 Å². The summed E-state index contributed by atoms with van der Waals surface area (Å²) in [7, 11) is 0. The molecular formula is C9H10N2O3. The lowest BCUT2D eigenvalue weighted by atomic mass is 10.0. The van der Waals surface area contributed by atoms with Crippen LogP contribution in [0.4, 0.5) is 5.69 Å². The first-order valence-corrected chi connectivity index (χ1v) is 4.14. The zero-order valence-electron chi connectivity index (χ0n) is 7.36. The van der Waals surface area contributed by atoms with Crippen LogP contribution in [0.3, 0.4) is 0 Å². The van der Waals surface area contributed by atoms with Crippen LogP contribution in [0.25, 0.3) is 0 Å². The van der Waals surface area contributed by atoms with Crippen LogP contribution in [0.15, 0.2) is 12.1 Å². The van der Waals surface area contributed by atoms with Gasteiger partial charge in [0.25, 0.3) is 0 Å². The summed E-state index contributed by atoms with van der Waals surface area (Å²) in [6, 6.07) is 2.59. The van der Waals surface area contributed by atoms with Crippen LogP contribution >= 0.6 is 0 Å². The minimum absolute atomic E-state index is 0.121. The predicted octanol–water partition coefficient (Wildman–Crippen LogP) is 0.359. The molecule has 14 heavy (non-hydrogen) atoms.